The third-order valence-corrected chi connectivity index (χ3v) is 2.57. The first kappa shape index (κ1) is 9.35. The Morgan fingerprint density at radius 1 is 1.19 bits per heavy atom. The molecule has 0 radical (unpaired) electrons. The van der Waals surface area contributed by atoms with E-state index in [1.807, 2.05) is 24.3 Å². The maximum absolute atomic E-state index is 5.31. The third kappa shape index (κ3) is 1.55. The molecule has 1 aromatic heterocycles. The van der Waals surface area contributed by atoms with Crippen molar-refractivity contribution in [2.45, 2.75) is 0 Å². The number of hydrogen-bond acceptors (Lipinski definition) is 4. The number of benzene rings is 1. The van der Waals surface area contributed by atoms with Gasteiger partial charge in [0.05, 0.1) is 0 Å². The number of hydrogen-bond donors (Lipinski definition) is 1. The Morgan fingerprint density at radius 2 is 2.06 bits per heavy atom. The molecule has 2 heterocycles. The standard InChI is InChI=1S/C11H8N2O2S/c16-11-12-4-3-8(13-11)7-1-2-9-10(5-7)15-6-14-9/h1-5H,6H2,(H,12,13,16). The SMILES string of the molecule is S=c1nccc(-c2ccc3c(c2)OCO3)[nH]1. The minimum absolute atomic E-state index is 0.283. The molecule has 0 saturated carbocycles. The Kier molecular flexibility index (Phi) is 2.11. The maximum atomic E-state index is 5.31. The summed E-state index contributed by atoms with van der Waals surface area (Å²) >= 11 is 4.98. The summed E-state index contributed by atoms with van der Waals surface area (Å²) in [4.78, 5) is 6.96. The average Bonchev–Trinajstić information content (AvgIpc) is 2.75. The van der Waals surface area contributed by atoms with Gasteiger partial charge in [0.1, 0.15) is 0 Å². The second kappa shape index (κ2) is 3.61. The van der Waals surface area contributed by atoms with Crippen LogP contribution in [-0.2, 0) is 0 Å². The lowest BCUT2D eigenvalue weighted by atomic mass is 10.1. The fraction of sp³-hybridized carbons (Fsp3) is 0.0909. The molecule has 4 nitrogen and oxygen atoms in total. The Labute approximate surface area is 96.9 Å². The fourth-order valence-corrected chi connectivity index (χ4v) is 1.77. The fourth-order valence-electron chi connectivity index (χ4n) is 1.60. The van der Waals surface area contributed by atoms with Gasteiger partial charge in [-0.3, -0.25) is 0 Å². The molecule has 80 valence electrons. The summed E-state index contributed by atoms with van der Waals surface area (Å²) < 4.78 is 11.0. The van der Waals surface area contributed by atoms with Crippen LogP contribution in [0, 0.1) is 4.77 Å². The first-order chi connectivity index (χ1) is 7.83. The summed E-state index contributed by atoms with van der Waals surface area (Å²) in [6.45, 7) is 0.283. The van der Waals surface area contributed by atoms with Crippen molar-refractivity contribution in [2.75, 3.05) is 6.79 Å². The number of aromatic nitrogens is 2. The molecule has 0 saturated heterocycles. The Balaban J connectivity index is 2.10. The van der Waals surface area contributed by atoms with Gasteiger partial charge in [-0.2, -0.15) is 0 Å². The van der Waals surface area contributed by atoms with Crippen molar-refractivity contribution in [3.8, 4) is 22.8 Å². The number of fused-ring (bicyclic) bond motifs is 1. The highest BCUT2D eigenvalue weighted by Gasteiger charge is 2.13. The van der Waals surface area contributed by atoms with Crippen LogP contribution in [0.25, 0.3) is 11.3 Å². The Morgan fingerprint density at radius 3 is 2.94 bits per heavy atom. The number of ether oxygens (including phenoxy) is 2. The molecule has 0 unspecified atom stereocenters. The van der Waals surface area contributed by atoms with Crippen molar-refractivity contribution in [3.05, 3.63) is 35.2 Å². The van der Waals surface area contributed by atoms with Gasteiger partial charge in [0, 0.05) is 17.5 Å². The van der Waals surface area contributed by atoms with Crippen LogP contribution >= 0.6 is 12.2 Å². The zero-order valence-electron chi connectivity index (χ0n) is 8.27. The van der Waals surface area contributed by atoms with Gasteiger partial charge in [0.15, 0.2) is 16.3 Å². The van der Waals surface area contributed by atoms with Crippen molar-refractivity contribution >= 4 is 12.2 Å². The minimum atomic E-state index is 0.283. The predicted octanol–water partition coefficient (Wildman–Crippen LogP) is 2.53. The van der Waals surface area contributed by atoms with Crippen LogP contribution in [0.3, 0.4) is 0 Å². The van der Waals surface area contributed by atoms with Crippen LogP contribution in [0.4, 0.5) is 0 Å². The first-order valence-electron chi connectivity index (χ1n) is 4.78. The van der Waals surface area contributed by atoms with E-state index < -0.39 is 0 Å². The Bertz CT molecular complexity index is 595. The van der Waals surface area contributed by atoms with E-state index in [9.17, 15) is 0 Å². The molecule has 16 heavy (non-hydrogen) atoms. The third-order valence-electron chi connectivity index (χ3n) is 2.36. The van der Waals surface area contributed by atoms with E-state index in [4.69, 9.17) is 21.7 Å². The second-order valence-corrected chi connectivity index (χ2v) is 3.74. The molecule has 0 spiro atoms. The zero-order chi connectivity index (χ0) is 11.0. The summed E-state index contributed by atoms with van der Waals surface area (Å²) in [5.41, 5.74) is 1.91. The molecule has 2 aromatic rings. The van der Waals surface area contributed by atoms with Crippen LogP contribution in [0.2, 0.25) is 0 Å². The quantitative estimate of drug-likeness (QED) is 0.767. The van der Waals surface area contributed by atoms with Crippen molar-refractivity contribution in [3.63, 3.8) is 0 Å². The van der Waals surface area contributed by atoms with E-state index in [-0.39, 0.29) is 6.79 Å². The summed E-state index contributed by atoms with van der Waals surface area (Å²) in [6, 6.07) is 7.62. The average molecular weight is 232 g/mol. The lowest BCUT2D eigenvalue weighted by molar-refractivity contribution is 0.174. The second-order valence-electron chi connectivity index (χ2n) is 3.36. The smallest absolute Gasteiger partial charge is 0.231 e. The van der Waals surface area contributed by atoms with E-state index in [1.54, 1.807) is 6.20 Å². The van der Waals surface area contributed by atoms with Gasteiger partial charge in [-0.1, -0.05) is 0 Å². The topological polar surface area (TPSA) is 47.1 Å². The Hall–Kier alpha value is -1.88. The van der Waals surface area contributed by atoms with Gasteiger partial charge in [0.2, 0.25) is 6.79 Å². The van der Waals surface area contributed by atoms with Crippen molar-refractivity contribution in [1.82, 2.24) is 9.97 Å². The molecule has 1 N–H and O–H groups in total. The van der Waals surface area contributed by atoms with Gasteiger partial charge in [0.25, 0.3) is 0 Å². The molecule has 1 aliphatic heterocycles. The number of rotatable bonds is 1. The van der Waals surface area contributed by atoms with Crippen LogP contribution in [0.15, 0.2) is 30.5 Å². The van der Waals surface area contributed by atoms with Crippen molar-refractivity contribution in [2.24, 2.45) is 0 Å². The molecule has 0 bridgehead atoms. The molecule has 0 atom stereocenters. The van der Waals surface area contributed by atoms with Gasteiger partial charge in [-0.05, 0) is 36.5 Å². The highest BCUT2D eigenvalue weighted by atomic mass is 32.1. The van der Waals surface area contributed by atoms with Crippen LogP contribution in [0.5, 0.6) is 11.5 Å². The van der Waals surface area contributed by atoms with Gasteiger partial charge >= 0.3 is 0 Å². The molecular formula is C11H8N2O2S. The molecule has 0 fully saturated rings. The molecular weight excluding hydrogens is 224 g/mol. The number of aromatic amines is 1. The summed E-state index contributed by atoms with van der Waals surface area (Å²) in [5, 5.41) is 0. The molecule has 5 heteroatoms. The summed E-state index contributed by atoms with van der Waals surface area (Å²) in [6.07, 6.45) is 1.68. The van der Waals surface area contributed by atoms with E-state index >= 15 is 0 Å². The first-order valence-corrected chi connectivity index (χ1v) is 5.19. The molecule has 0 aliphatic carbocycles. The van der Waals surface area contributed by atoms with Crippen LogP contribution in [-0.4, -0.2) is 16.8 Å². The number of H-pyrrole nitrogens is 1. The van der Waals surface area contributed by atoms with Crippen LogP contribution < -0.4 is 9.47 Å². The molecule has 1 aromatic carbocycles. The van der Waals surface area contributed by atoms with E-state index in [1.165, 1.54) is 0 Å². The van der Waals surface area contributed by atoms with Crippen molar-refractivity contribution in [1.29, 1.82) is 0 Å². The lowest BCUT2D eigenvalue weighted by Crippen LogP contribution is -1.92. The molecule has 3 rings (SSSR count). The summed E-state index contributed by atoms with van der Waals surface area (Å²) in [5.74, 6) is 1.53. The van der Waals surface area contributed by atoms with Crippen LogP contribution in [0.1, 0.15) is 0 Å². The summed E-state index contributed by atoms with van der Waals surface area (Å²) in [7, 11) is 0. The molecule has 1 aliphatic rings. The lowest BCUT2D eigenvalue weighted by Gasteiger charge is -2.02. The van der Waals surface area contributed by atoms with Gasteiger partial charge in [-0.25, -0.2) is 4.98 Å². The monoisotopic (exact) mass is 232 g/mol. The predicted molar refractivity (Wildman–Crippen MR) is 61.0 cm³/mol. The van der Waals surface area contributed by atoms with Gasteiger partial charge < -0.3 is 14.5 Å². The zero-order valence-corrected chi connectivity index (χ0v) is 9.08. The van der Waals surface area contributed by atoms with E-state index in [0.717, 1.165) is 22.8 Å². The highest BCUT2D eigenvalue weighted by Crippen LogP contribution is 2.35. The van der Waals surface area contributed by atoms with E-state index in [0.29, 0.717) is 4.77 Å². The largest absolute Gasteiger partial charge is 0.454 e. The highest BCUT2D eigenvalue weighted by molar-refractivity contribution is 7.71. The normalized spacial score (nSPS) is 12.8. The van der Waals surface area contributed by atoms with Gasteiger partial charge in [-0.15, -0.1) is 0 Å². The minimum Gasteiger partial charge on any atom is -0.454 e. The number of nitrogens with one attached hydrogen (secondary N) is 1. The van der Waals surface area contributed by atoms with Crippen molar-refractivity contribution < 1.29 is 9.47 Å². The molecule has 0 amide bonds. The number of nitrogens with zero attached hydrogens (tertiary/aromatic N) is 1. The van der Waals surface area contributed by atoms with E-state index in [2.05, 4.69) is 9.97 Å². The maximum Gasteiger partial charge on any atom is 0.231 e.